The molecule has 1 aromatic carbocycles. The Bertz CT molecular complexity index is 360. The predicted molar refractivity (Wildman–Crippen MR) is 59.4 cm³/mol. The molecular formula is C11H14N2O3. The number of hydrogen-bond donors (Lipinski definition) is 2. The predicted octanol–water partition coefficient (Wildman–Crippen LogP) is 0.361. The highest BCUT2D eigenvalue weighted by Gasteiger charge is 2.17. The van der Waals surface area contributed by atoms with Gasteiger partial charge in [0, 0.05) is 5.69 Å². The number of ether oxygens (including phenoxy) is 2. The van der Waals surface area contributed by atoms with E-state index in [1.165, 1.54) is 0 Å². The average molecular weight is 222 g/mol. The largest absolute Gasteiger partial charge is 0.484 e. The van der Waals surface area contributed by atoms with E-state index < -0.39 is 5.91 Å². The van der Waals surface area contributed by atoms with Crippen molar-refractivity contribution in [3.05, 3.63) is 24.3 Å². The van der Waals surface area contributed by atoms with Gasteiger partial charge >= 0.3 is 0 Å². The summed E-state index contributed by atoms with van der Waals surface area (Å²) in [4.78, 5) is 10.5. The Morgan fingerprint density at radius 2 is 2.12 bits per heavy atom. The molecule has 3 N–H and O–H groups in total. The van der Waals surface area contributed by atoms with Gasteiger partial charge in [-0.25, -0.2) is 0 Å². The Labute approximate surface area is 93.5 Å². The number of amides is 1. The van der Waals surface area contributed by atoms with Crippen LogP contribution in [0.3, 0.4) is 0 Å². The number of rotatable bonds is 5. The zero-order valence-corrected chi connectivity index (χ0v) is 8.81. The first-order valence-corrected chi connectivity index (χ1v) is 5.09. The van der Waals surface area contributed by atoms with Gasteiger partial charge in [-0.2, -0.15) is 0 Å². The van der Waals surface area contributed by atoms with E-state index in [9.17, 15) is 4.79 Å². The van der Waals surface area contributed by atoms with Gasteiger partial charge < -0.3 is 20.5 Å². The van der Waals surface area contributed by atoms with Crippen LogP contribution >= 0.6 is 0 Å². The van der Waals surface area contributed by atoms with E-state index in [-0.39, 0.29) is 6.61 Å². The minimum Gasteiger partial charge on any atom is -0.484 e. The molecular weight excluding hydrogens is 208 g/mol. The first kappa shape index (κ1) is 10.8. The summed E-state index contributed by atoms with van der Waals surface area (Å²) < 4.78 is 10.2. The lowest BCUT2D eigenvalue weighted by molar-refractivity contribution is -0.119. The molecule has 1 fully saturated rings. The molecule has 0 radical (unpaired) electrons. The van der Waals surface area contributed by atoms with Crippen molar-refractivity contribution in [1.29, 1.82) is 0 Å². The van der Waals surface area contributed by atoms with Crippen LogP contribution < -0.4 is 15.8 Å². The number of carbonyl (C=O) groups excluding carboxylic acids is 1. The normalized spacial score (nSPS) is 15.2. The second kappa shape index (κ2) is 4.85. The molecule has 1 heterocycles. The maximum Gasteiger partial charge on any atom is 0.255 e. The molecule has 1 saturated heterocycles. The number of nitrogens with one attached hydrogen (secondary N) is 1. The van der Waals surface area contributed by atoms with Crippen molar-refractivity contribution in [2.45, 2.75) is 6.04 Å². The van der Waals surface area contributed by atoms with Crippen LogP contribution in [0.1, 0.15) is 0 Å². The van der Waals surface area contributed by atoms with E-state index in [4.69, 9.17) is 15.2 Å². The monoisotopic (exact) mass is 222 g/mol. The van der Waals surface area contributed by atoms with E-state index in [2.05, 4.69) is 5.32 Å². The second-order valence-corrected chi connectivity index (χ2v) is 3.66. The molecule has 0 aliphatic carbocycles. The molecule has 0 bridgehead atoms. The summed E-state index contributed by atoms with van der Waals surface area (Å²) in [5.74, 6) is 0.156. The van der Waals surface area contributed by atoms with Gasteiger partial charge in [0.2, 0.25) is 0 Å². The topological polar surface area (TPSA) is 73.6 Å². The first-order valence-electron chi connectivity index (χ1n) is 5.09. The van der Waals surface area contributed by atoms with Crippen molar-refractivity contribution in [3.8, 4) is 5.75 Å². The highest BCUT2D eigenvalue weighted by molar-refractivity contribution is 5.75. The quantitative estimate of drug-likeness (QED) is 0.754. The standard InChI is InChI=1S/C11H14N2O3/c12-11(14)7-16-10-3-1-8(2-4-10)13-9-5-15-6-9/h1-4,9,13H,5-7H2,(H2,12,14). The van der Waals surface area contributed by atoms with Gasteiger partial charge in [0.1, 0.15) is 5.75 Å². The van der Waals surface area contributed by atoms with Gasteiger partial charge in [-0.15, -0.1) is 0 Å². The molecule has 86 valence electrons. The third-order valence-electron chi connectivity index (χ3n) is 2.24. The van der Waals surface area contributed by atoms with Crippen molar-refractivity contribution in [3.63, 3.8) is 0 Å². The number of nitrogens with two attached hydrogens (primary N) is 1. The Kier molecular flexibility index (Phi) is 3.26. The molecule has 0 atom stereocenters. The maximum absolute atomic E-state index is 10.5. The molecule has 0 spiro atoms. The van der Waals surface area contributed by atoms with E-state index in [1.807, 2.05) is 12.1 Å². The first-order chi connectivity index (χ1) is 7.74. The average Bonchev–Trinajstić information content (AvgIpc) is 2.22. The fourth-order valence-corrected chi connectivity index (χ4v) is 1.36. The molecule has 1 aliphatic rings. The van der Waals surface area contributed by atoms with E-state index >= 15 is 0 Å². The summed E-state index contributed by atoms with van der Waals surface area (Å²) in [6.45, 7) is 1.41. The van der Waals surface area contributed by atoms with Crippen LogP contribution in [0.4, 0.5) is 5.69 Å². The lowest BCUT2D eigenvalue weighted by atomic mass is 10.2. The van der Waals surface area contributed by atoms with Crippen LogP contribution in [0.2, 0.25) is 0 Å². The molecule has 1 amide bonds. The zero-order chi connectivity index (χ0) is 11.4. The van der Waals surface area contributed by atoms with Crippen LogP contribution in [0, 0.1) is 0 Å². The van der Waals surface area contributed by atoms with Crippen LogP contribution in [0.25, 0.3) is 0 Å². The van der Waals surface area contributed by atoms with Gasteiger partial charge in [-0.3, -0.25) is 4.79 Å². The van der Waals surface area contributed by atoms with E-state index in [0.717, 1.165) is 18.9 Å². The Morgan fingerprint density at radius 1 is 1.44 bits per heavy atom. The maximum atomic E-state index is 10.5. The molecule has 5 nitrogen and oxygen atoms in total. The van der Waals surface area contributed by atoms with Crippen molar-refractivity contribution in [2.75, 3.05) is 25.1 Å². The number of anilines is 1. The van der Waals surface area contributed by atoms with Crippen molar-refractivity contribution in [1.82, 2.24) is 0 Å². The molecule has 16 heavy (non-hydrogen) atoms. The molecule has 0 aromatic heterocycles. The van der Waals surface area contributed by atoms with Crippen molar-refractivity contribution in [2.24, 2.45) is 5.73 Å². The third kappa shape index (κ3) is 2.87. The third-order valence-corrected chi connectivity index (χ3v) is 2.24. The summed E-state index contributed by atoms with van der Waals surface area (Å²) in [6.07, 6.45) is 0. The Hall–Kier alpha value is -1.75. The highest BCUT2D eigenvalue weighted by Crippen LogP contribution is 2.17. The molecule has 1 aromatic rings. The number of hydrogen-bond acceptors (Lipinski definition) is 4. The lowest BCUT2D eigenvalue weighted by Crippen LogP contribution is -2.40. The number of carbonyl (C=O) groups is 1. The fourth-order valence-electron chi connectivity index (χ4n) is 1.36. The summed E-state index contributed by atoms with van der Waals surface area (Å²) in [7, 11) is 0. The molecule has 0 saturated carbocycles. The van der Waals surface area contributed by atoms with Gasteiger partial charge in [-0.1, -0.05) is 0 Å². The summed E-state index contributed by atoms with van der Waals surface area (Å²) in [6, 6.07) is 7.79. The van der Waals surface area contributed by atoms with Gasteiger partial charge in [-0.05, 0) is 24.3 Å². The minimum atomic E-state index is -0.478. The van der Waals surface area contributed by atoms with Gasteiger partial charge in [0.25, 0.3) is 5.91 Å². The summed E-state index contributed by atoms with van der Waals surface area (Å²) >= 11 is 0. The van der Waals surface area contributed by atoms with E-state index in [0.29, 0.717) is 11.8 Å². The highest BCUT2D eigenvalue weighted by atomic mass is 16.5. The molecule has 2 rings (SSSR count). The van der Waals surface area contributed by atoms with Crippen molar-refractivity contribution >= 4 is 11.6 Å². The summed E-state index contributed by atoms with van der Waals surface area (Å²) in [5, 5.41) is 3.30. The molecule has 5 heteroatoms. The van der Waals surface area contributed by atoms with Crippen LogP contribution in [0.15, 0.2) is 24.3 Å². The van der Waals surface area contributed by atoms with Crippen molar-refractivity contribution < 1.29 is 14.3 Å². The zero-order valence-electron chi connectivity index (χ0n) is 8.81. The second-order valence-electron chi connectivity index (χ2n) is 3.66. The van der Waals surface area contributed by atoms with Crippen LogP contribution in [-0.4, -0.2) is 31.8 Å². The smallest absolute Gasteiger partial charge is 0.255 e. The number of benzene rings is 1. The van der Waals surface area contributed by atoms with Crippen LogP contribution in [-0.2, 0) is 9.53 Å². The van der Waals surface area contributed by atoms with Crippen LogP contribution in [0.5, 0.6) is 5.75 Å². The molecule has 0 unspecified atom stereocenters. The van der Waals surface area contributed by atoms with E-state index in [1.54, 1.807) is 12.1 Å². The fraction of sp³-hybridized carbons (Fsp3) is 0.364. The Balaban J connectivity index is 1.85. The minimum absolute atomic E-state index is 0.0940. The van der Waals surface area contributed by atoms with Gasteiger partial charge in [0.15, 0.2) is 6.61 Å². The molecule has 1 aliphatic heterocycles. The summed E-state index contributed by atoms with van der Waals surface area (Å²) in [5.41, 5.74) is 5.99. The SMILES string of the molecule is NC(=O)COc1ccc(NC2COC2)cc1. The lowest BCUT2D eigenvalue weighted by Gasteiger charge is -2.27. The number of primary amides is 1. The van der Waals surface area contributed by atoms with Gasteiger partial charge in [0.05, 0.1) is 19.3 Å². The Morgan fingerprint density at radius 3 is 2.62 bits per heavy atom.